The Labute approximate surface area is 169 Å². The Kier molecular flexibility index (Phi) is 6.97. The van der Waals surface area contributed by atoms with E-state index in [1.165, 1.54) is 25.1 Å². The third kappa shape index (κ3) is 5.54. The van der Waals surface area contributed by atoms with E-state index in [0.717, 1.165) is 22.7 Å². The summed E-state index contributed by atoms with van der Waals surface area (Å²) in [5, 5.41) is 2.65. The first-order valence-electron chi connectivity index (χ1n) is 8.88. The van der Waals surface area contributed by atoms with Gasteiger partial charge in [-0.2, -0.15) is 0 Å². The molecule has 0 aromatic heterocycles. The maximum Gasteiger partial charge on any atom is 0.338 e. The molecule has 0 aliphatic heterocycles. The molecule has 0 fully saturated rings. The molecule has 0 aliphatic rings. The predicted molar refractivity (Wildman–Crippen MR) is 109 cm³/mol. The highest BCUT2D eigenvalue weighted by Gasteiger charge is 2.29. The van der Waals surface area contributed by atoms with Gasteiger partial charge in [-0.15, -0.1) is 0 Å². The third-order valence-corrected chi connectivity index (χ3v) is 5.42. The van der Waals surface area contributed by atoms with Gasteiger partial charge < -0.3 is 10.1 Å². The Morgan fingerprint density at radius 2 is 1.79 bits per heavy atom. The van der Waals surface area contributed by atoms with Crippen LogP contribution in [0.5, 0.6) is 0 Å². The van der Waals surface area contributed by atoms with Crippen molar-refractivity contribution in [2.24, 2.45) is 0 Å². The second-order valence-corrected chi connectivity index (χ2v) is 8.31. The van der Waals surface area contributed by atoms with Crippen LogP contribution in [0.25, 0.3) is 0 Å². The van der Waals surface area contributed by atoms with Crippen molar-refractivity contribution in [3.8, 4) is 0 Å². The molecular formula is C20H23FN2O5S. The van der Waals surface area contributed by atoms with Crippen molar-refractivity contribution in [3.63, 3.8) is 0 Å². The van der Waals surface area contributed by atoms with Gasteiger partial charge in [-0.05, 0) is 62.7 Å². The minimum atomic E-state index is -3.83. The molecule has 0 aliphatic carbocycles. The van der Waals surface area contributed by atoms with Crippen LogP contribution in [0.1, 0.15) is 29.8 Å². The number of amides is 1. The van der Waals surface area contributed by atoms with Gasteiger partial charge in [0.1, 0.15) is 11.9 Å². The highest BCUT2D eigenvalue weighted by atomic mass is 32.2. The van der Waals surface area contributed by atoms with Crippen molar-refractivity contribution in [1.29, 1.82) is 0 Å². The van der Waals surface area contributed by atoms with Crippen LogP contribution in [0.4, 0.5) is 15.8 Å². The lowest BCUT2D eigenvalue weighted by Crippen LogP contribution is -2.45. The lowest BCUT2D eigenvalue weighted by atomic mass is 10.1. The fourth-order valence-corrected chi connectivity index (χ4v) is 3.91. The number of benzene rings is 2. The Morgan fingerprint density at radius 3 is 2.34 bits per heavy atom. The van der Waals surface area contributed by atoms with Crippen LogP contribution in [0.3, 0.4) is 0 Å². The number of anilines is 2. The van der Waals surface area contributed by atoms with E-state index in [1.807, 2.05) is 0 Å². The molecule has 2 aromatic carbocycles. The van der Waals surface area contributed by atoms with Crippen LogP contribution in [0.15, 0.2) is 42.5 Å². The lowest BCUT2D eigenvalue weighted by Gasteiger charge is -2.28. The number of ether oxygens (including phenoxy) is 1. The summed E-state index contributed by atoms with van der Waals surface area (Å²) in [6.07, 6.45) is 0.965. The van der Waals surface area contributed by atoms with E-state index in [4.69, 9.17) is 4.74 Å². The number of esters is 1. The second-order valence-electron chi connectivity index (χ2n) is 6.45. The van der Waals surface area contributed by atoms with Gasteiger partial charge in [0.25, 0.3) is 0 Å². The van der Waals surface area contributed by atoms with Crippen molar-refractivity contribution >= 4 is 33.3 Å². The SMILES string of the molecule is CCOC(=O)c1ccc(C)c(NC(=O)[C@H](C)N(c2ccc(F)cc2)S(C)(=O)=O)c1. The first-order valence-corrected chi connectivity index (χ1v) is 10.7. The molecule has 0 heterocycles. The normalized spacial score (nSPS) is 12.2. The number of hydrogen-bond donors (Lipinski definition) is 1. The van der Waals surface area contributed by atoms with Crippen LogP contribution in [-0.4, -0.2) is 39.2 Å². The van der Waals surface area contributed by atoms with Crippen LogP contribution >= 0.6 is 0 Å². The number of sulfonamides is 1. The van der Waals surface area contributed by atoms with E-state index < -0.39 is 33.8 Å². The van der Waals surface area contributed by atoms with Crippen molar-refractivity contribution < 1.29 is 27.1 Å². The summed E-state index contributed by atoms with van der Waals surface area (Å²) in [5.41, 5.74) is 1.47. The van der Waals surface area contributed by atoms with Crippen molar-refractivity contribution in [2.45, 2.75) is 26.8 Å². The van der Waals surface area contributed by atoms with Crippen molar-refractivity contribution in [3.05, 3.63) is 59.4 Å². The maximum absolute atomic E-state index is 13.2. The molecule has 9 heteroatoms. The molecule has 0 unspecified atom stereocenters. The number of carbonyl (C=O) groups excluding carboxylic acids is 2. The summed E-state index contributed by atoms with van der Waals surface area (Å²) in [6.45, 7) is 5.06. The zero-order valence-corrected chi connectivity index (χ0v) is 17.4. The van der Waals surface area contributed by atoms with Crippen molar-refractivity contribution in [2.75, 3.05) is 22.5 Å². The molecule has 156 valence electrons. The number of nitrogens with zero attached hydrogens (tertiary/aromatic N) is 1. The topological polar surface area (TPSA) is 92.8 Å². The molecule has 0 bridgehead atoms. The lowest BCUT2D eigenvalue weighted by molar-refractivity contribution is -0.116. The van der Waals surface area contributed by atoms with E-state index in [9.17, 15) is 22.4 Å². The quantitative estimate of drug-likeness (QED) is 0.692. The number of rotatable bonds is 7. The van der Waals surface area contributed by atoms with Gasteiger partial charge in [0, 0.05) is 5.69 Å². The van der Waals surface area contributed by atoms with E-state index in [0.29, 0.717) is 11.3 Å². The number of carbonyl (C=O) groups is 2. The highest BCUT2D eigenvalue weighted by molar-refractivity contribution is 7.92. The molecule has 2 rings (SSSR count). The Morgan fingerprint density at radius 1 is 1.17 bits per heavy atom. The summed E-state index contributed by atoms with van der Waals surface area (Å²) < 4.78 is 43.7. The first-order chi connectivity index (χ1) is 13.5. The average Bonchev–Trinajstić information content (AvgIpc) is 2.64. The van der Waals surface area contributed by atoms with E-state index in [2.05, 4.69) is 5.32 Å². The van der Waals surface area contributed by atoms with Gasteiger partial charge in [-0.25, -0.2) is 17.6 Å². The zero-order chi connectivity index (χ0) is 21.8. The maximum atomic E-state index is 13.2. The Bertz CT molecular complexity index is 1010. The molecule has 0 spiro atoms. The van der Waals surface area contributed by atoms with Crippen LogP contribution < -0.4 is 9.62 Å². The molecular weight excluding hydrogens is 399 g/mol. The molecule has 0 radical (unpaired) electrons. The van der Waals surface area contributed by atoms with Gasteiger partial charge in [0.05, 0.1) is 24.1 Å². The fourth-order valence-electron chi connectivity index (χ4n) is 2.73. The fraction of sp³-hybridized carbons (Fsp3) is 0.300. The van der Waals surface area contributed by atoms with Gasteiger partial charge in [-0.1, -0.05) is 6.07 Å². The number of aryl methyl sites for hydroxylation is 1. The minimum absolute atomic E-state index is 0.161. The molecule has 29 heavy (non-hydrogen) atoms. The van der Waals surface area contributed by atoms with Crippen LogP contribution in [-0.2, 0) is 19.6 Å². The number of halogens is 1. The van der Waals surface area contributed by atoms with E-state index >= 15 is 0 Å². The molecule has 2 aromatic rings. The highest BCUT2D eigenvalue weighted by Crippen LogP contribution is 2.23. The average molecular weight is 422 g/mol. The van der Waals surface area contributed by atoms with Gasteiger partial charge in [0.15, 0.2) is 0 Å². The molecule has 1 atom stereocenters. The molecule has 1 amide bonds. The molecule has 7 nitrogen and oxygen atoms in total. The number of nitrogens with one attached hydrogen (secondary N) is 1. The monoisotopic (exact) mass is 422 g/mol. The van der Waals surface area contributed by atoms with Crippen LogP contribution in [0, 0.1) is 12.7 Å². The largest absolute Gasteiger partial charge is 0.462 e. The van der Waals surface area contributed by atoms with Crippen LogP contribution in [0.2, 0.25) is 0 Å². The summed E-state index contributed by atoms with van der Waals surface area (Å²) in [7, 11) is -3.83. The molecule has 0 saturated heterocycles. The van der Waals surface area contributed by atoms with E-state index in [1.54, 1.807) is 26.0 Å². The zero-order valence-electron chi connectivity index (χ0n) is 16.6. The summed E-state index contributed by atoms with van der Waals surface area (Å²) in [5.74, 6) is -1.66. The summed E-state index contributed by atoms with van der Waals surface area (Å²) in [6, 6.07) is 8.38. The summed E-state index contributed by atoms with van der Waals surface area (Å²) >= 11 is 0. The van der Waals surface area contributed by atoms with Gasteiger partial charge >= 0.3 is 5.97 Å². The molecule has 0 saturated carbocycles. The van der Waals surface area contributed by atoms with Gasteiger partial charge in [-0.3, -0.25) is 9.10 Å². The summed E-state index contributed by atoms with van der Waals surface area (Å²) in [4.78, 5) is 24.7. The first kappa shape index (κ1) is 22.4. The predicted octanol–water partition coefficient (Wildman–Crippen LogP) is 3.10. The van der Waals surface area contributed by atoms with Crippen molar-refractivity contribution in [1.82, 2.24) is 0 Å². The second kappa shape index (κ2) is 9.04. The minimum Gasteiger partial charge on any atom is -0.462 e. The third-order valence-electron chi connectivity index (χ3n) is 4.18. The van der Waals surface area contributed by atoms with Gasteiger partial charge in [0.2, 0.25) is 15.9 Å². The Hall–Kier alpha value is -2.94. The number of hydrogen-bond acceptors (Lipinski definition) is 5. The van der Waals surface area contributed by atoms with E-state index in [-0.39, 0.29) is 17.9 Å². The smallest absolute Gasteiger partial charge is 0.338 e. The standard InChI is InChI=1S/C20H23FN2O5S/c1-5-28-20(25)15-7-6-13(2)18(12-15)22-19(24)14(3)23(29(4,26)27)17-10-8-16(21)9-11-17/h6-12,14H,5H2,1-4H3,(H,22,24)/t14-/m0/s1. The Balaban J connectivity index is 2.31. The molecule has 1 N–H and O–H groups in total.